The first kappa shape index (κ1) is 30.7. The zero-order chi connectivity index (χ0) is 28.4. The second-order valence-corrected chi connectivity index (χ2v) is 9.81. The van der Waals surface area contributed by atoms with Crippen molar-refractivity contribution in [2.24, 2.45) is 17.4 Å². The summed E-state index contributed by atoms with van der Waals surface area (Å²) in [6, 6.07) is 2.94. The van der Waals surface area contributed by atoms with Gasteiger partial charge in [0.25, 0.3) is 0 Å². The molecule has 3 amide bonds. The first-order chi connectivity index (χ1) is 18.0. The number of para-hydroxylation sites is 1. The van der Waals surface area contributed by atoms with Crippen LogP contribution in [0.5, 0.6) is 0 Å². The first-order valence-corrected chi connectivity index (χ1v) is 12.8. The zero-order valence-corrected chi connectivity index (χ0v) is 22.1. The van der Waals surface area contributed by atoms with E-state index in [0.717, 1.165) is 22.9 Å². The van der Waals surface area contributed by atoms with Crippen molar-refractivity contribution in [2.45, 2.75) is 76.7 Å². The molecule has 38 heavy (non-hydrogen) atoms. The van der Waals surface area contributed by atoms with E-state index >= 15 is 0 Å². The predicted octanol–water partition coefficient (Wildman–Crippen LogP) is -0.257. The molecule has 10 N–H and O–H groups in total. The maximum absolute atomic E-state index is 13.5. The van der Waals surface area contributed by atoms with Crippen LogP contribution in [0.1, 0.15) is 45.6 Å². The number of aliphatic hydroxyl groups is 1. The van der Waals surface area contributed by atoms with Gasteiger partial charge in [0, 0.05) is 23.5 Å². The second-order valence-electron chi connectivity index (χ2n) is 9.81. The summed E-state index contributed by atoms with van der Waals surface area (Å²) in [5.74, 6) is -3.74. The Morgan fingerprint density at radius 1 is 0.947 bits per heavy atom. The molecule has 0 aliphatic carbocycles. The fraction of sp³-hybridized carbons (Fsp3) is 0.538. The van der Waals surface area contributed by atoms with Crippen molar-refractivity contribution in [3.05, 3.63) is 36.0 Å². The molecule has 5 unspecified atom stereocenters. The number of hydrogen-bond donors (Lipinski definition) is 8. The highest BCUT2D eigenvalue weighted by molar-refractivity contribution is 5.95. The maximum atomic E-state index is 13.5. The number of unbranched alkanes of at least 4 members (excludes halogenated alkanes) is 1. The van der Waals surface area contributed by atoms with E-state index in [1.54, 1.807) is 20.0 Å². The average molecular weight is 533 g/mol. The number of rotatable bonds is 15. The molecule has 0 saturated carbocycles. The van der Waals surface area contributed by atoms with Gasteiger partial charge in [-0.3, -0.25) is 14.4 Å². The molecule has 1 heterocycles. The van der Waals surface area contributed by atoms with E-state index in [4.69, 9.17) is 11.5 Å². The van der Waals surface area contributed by atoms with E-state index in [1.165, 1.54) is 6.92 Å². The second kappa shape index (κ2) is 14.5. The maximum Gasteiger partial charge on any atom is 0.328 e. The molecule has 2 aromatic rings. The number of benzene rings is 1. The third-order valence-electron chi connectivity index (χ3n) is 6.33. The van der Waals surface area contributed by atoms with Gasteiger partial charge in [-0.15, -0.1) is 0 Å². The van der Waals surface area contributed by atoms with E-state index in [1.807, 2.05) is 24.3 Å². The van der Waals surface area contributed by atoms with Crippen molar-refractivity contribution < 1.29 is 29.4 Å². The lowest BCUT2D eigenvalue weighted by Crippen LogP contribution is -2.59. The number of carboxylic acids is 1. The van der Waals surface area contributed by atoms with Crippen molar-refractivity contribution in [1.29, 1.82) is 0 Å². The van der Waals surface area contributed by atoms with Crippen LogP contribution >= 0.6 is 0 Å². The lowest BCUT2D eigenvalue weighted by molar-refractivity contribution is -0.145. The number of aliphatic hydroxyl groups excluding tert-OH is 1. The Labute approximate surface area is 221 Å². The summed E-state index contributed by atoms with van der Waals surface area (Å²) >= 11 is 0. The van der Waals surface area contributed by atoms with Gasteiger partial charge in [0.2, 0.25) is 17.7 Å². The van der Waals surface area contributed by atoms with Crippen molar-refractivity contribution in [3.63, 3.8) is 0 Å². The molecule has 12 nitrogen and oxygen atoms in total. The van der Waals surface area contributed by atoms with Crippen LogP contribution in [-0.2, 0) is 25.6 Å². The van der Waals surface area contributed by atoms with Crippen molar-refractivity contribution in [1.82, 2.24) is 20.9 Å². The number of nitrogens with one attached hydrogen (secondary N) is 4. The van der Waals surface area contributed by atoms with Crippen LogP contribution in [0.4, 0.5) is 0 Å². The molecular weight excluding hydrogens is 492 g/mol. The summed E-state index contributed by atoms with van der Waals surface area (Å²) in [6.07, 6.45) is 2.30. The minimum Gasteiger partial charge on any atom is -0.480 e. The standard InChI is InChI=1S/C26H40N6O6/c1-14(2)21(25(36)32-22(15(3)33)26(37)38)31-24(35)20(30-23(34)18(28)9-6-7-11-27)12-16-13-29-19-10-5-4-8-17(16)19/h4-5,8,10,13-15,18,20-22,29,33H,6-7,9,11-12,27-28H2,1-3H3,(H,30,34)(H,31,35)(H,32,36)(H,37,38). The highest BCUT2D eigenvalue weighted by Crippen LogP contribution is 2.19. The number of aromatic amines is 1. The van der Waals surface area contributed by atoms with Gasteiger partial charge in [0.1, 0.15) is 12.1 Å². The predicted molar refractivity (Wildman–Crippen MR) is 143 cm³/mol. The Hall–Kier alpha value is -3.48. The highest BCUT2D eigenvalue weighted by Gasteiger charge is 2.33. The number of aromatic nitrogens is 1. The van der Waals surface area contributed by atoms with E-state index < -0.39 is 59.9 Å². The summed E-state index contributed by atoms with van der Waals surface area (Å²) in [6.45, 7) is 5.09. The third-order valence-corrected chi connectivity index (χ3v) is 6.33. The molecule has 2 rings (SSSR count). The number of carbonyl (C=O) groups is 4. The number of fused-ring (bicyclic) bond motifs is 1. The van der Waals surface area contributed by atoms with Gasteiger partial charge in [0.05, 0.1) is 12.1 Å². The van der Waals surface area contributed by atoms with Crippen LogP contribution in [0.2, 0.25) is 0 Å². The third kappa shape index (κ3) is 8.54. The Kier molecular flexibility index (Phi) is 11.7. The van der Waals surface area contributed by atoms with E-state index in [9.17, 15) is 29.4 Å². The monoisotopic (exact) mass is 532 g/mol. The minimum atomic E-state index is -1.55. The SMILES string of the molecule is CC(C)C(NC(=O)C(Cc1c[nH]c2ccccc12)NC(=O)C(N)CCCCN)C(=O)NC(C(=O)O)C(C)O. The Bertz CT molecular complexity index is 1100. The molecule has 0 spiro atoms. The molecule has 0 fully saturated rings. The molecule has 5 atom stereocenters. The summed E-state index contributed by atoms with van der Waals surface area (Å²) in [5.41, 5.74) is 13.2. The number of aliphatic carboxylic acids is 1. The average Bonchev–Trinajstić information content (AvgIpc) is 3.27. The molecule has 0 saturated heterocycles. The number of nitrogens with two attached hydrogens (primary N) is 2. The molecule has 1 aromatic heterocycles. The van der Waals surface area contributed by atoms with Gasteiger partial charge in [-0.05, 0) is 43.9 Å². The topological polar surface area (TPSA) is 213 Å². The fourth-order valence-electron chi connectivity index (χ4n) is 4.07. The van der Waals surface area contributed by atoms with Crippen LogP contribution in [0.3, 0.4) is 0 Å². The number of carbonyl (C=O) groups excluding carboxylic acids is 3. The van der Waals surface area contributed by atoms with Crippen LogP contribution in [-0.4, -0.2) is 75.7 Å². The Morgan fingerprint density at radius 2 is 1.61 bits per heavy atom. The largest absolute Gasteiger partial charge is 0.480 e. The highest BCUT2D eigenvalue weighted by atomic mass is 16.4. The zero-order valence-electron chi connectivity index (χ0n) is 22.1. The van der Waals surface area contributed by atoms with Crippen LogP contribution in [0, 0.1) is 5.92 Å². The normalized spacial score (nSPS) is 15.3. The van der Waals surface area contributed by atoms with E-state index in [2.05, 4.69) is 20.9 Å². The van der Waals surface area contributed by atoms with Gasteiger partial charge in [-0.2, -0.15) is 0 Å². The molecule has 0 radical (unpaired) electrons. The molecule has 210 valence electrons. The van der Waals surface area contributed by atoms with Crippen molar-refractivity contribution in [3.8, 4) is 0 Å². The van der Waals surface area contributed by atoms with Crippen LogP contribution in [0.25, 0.3) is 10.9 Å². The molecule has 0 bridgehead atoms. The Morgan fingerprint density at radius 3 is 2.21 bits per heavy atom. The van der Waals surface area contributed by atoms with Crippen molar-refractivity contribution in [2.75, 3.05) is 6.54 Å². The van der Waals surface area contributed by atoms with Crippen LogP contribution in [0.15, 0.2) is 30.5 Å². The first-order valence-electron chi connectivity index (χ1n) is 12.8. The van der Waals surface area contributed by atoms with E-state index in [0.29, 0.717) is 19.4 Å². The van der Waals surface area contributed by atoms with Gasteiger partial charge < -0.3 is 42.6 Å². The summed E-state index contributed by atoms with van der Waals surface area (Å²) in [7, 11) is 0. The minimum absolute atomic E-state index is 0.120. The van der Waals surface area contributed by atoms with E-state index in [-0.39, 0.29) is 6.42 Å². The Balaban J connectivity index is 2.26. The van der Waals surface area contributed by atoms with Crippen molar-refractivity contribution >= 4 is 34.6 Å². The number of carboxylic acid groups (broad SMARTS) is 1. The number of amides is 3. The van der Waals surface area contributed by atoms with Gasteiger partial charge >= 0.3 is 5.97 Å². The van der Waals surface area contributed by atoms with Gasteiger partial charge in [-0.1, -0.05) is 38.5 Å². The summed E-state index contributed by atoms with van der Waals surface area (Å²) < 4.78 is 0. The summed E-state index contributed by atoms with van der Waals surface area (Å²) in [5, 5.41) is 27.6. The number of H-pyrrole nitrogens is 1. The summed E-state index contributed by atoms with van der Waals surface area (Å²) in [4.78, 5) is 53.8. The molecule has 0 aliphatic heterocycles. The lowest BCUT2D eigenvalue weighted by atomic mass is 9.99. The molecular formula is C26H40N6O6. The fourth-order valence-corrected chi connectivity index (χ4v) is 4.07. The van der Waals surface area contributed by atoms with Gasteiger partial charge in [-0.25, -0.2) is 4.79 Å². The lowest BCUT2D eigenvalue weighted by Gasteiger charge is -2.27. The quantitative estimate of drug-likeness (QED) is 0.143. The molecule has 1 aromatic carbocycles. The smallest absolute Gasteiger partial charge is 0.328 e. The molecule has 12 heteroatoms. The number of hydrogen-bond acceptors (Lipinski definition) is 7. The van der Waals surface area contributed by atoms with Crippen LogP contribution < -0.4 is 27.4 Å². The van der Waals surface area contributed by atoms with Gasteiger partial charge in [0.15, 0.2) is 6.04 Å². The molecule has 0 aliphatic rings.